The Bertz CT molecular complexity index is 469. The van der Waals surface area contributed by atoms with Crippen LogP contribution in [-0.4, -0.2) is 7.05 Å². The van der Waals surface area contributed by atoms with Crippen molar-refractivity contribution in [3.8, 4) is 11.1 Å². The fraction of sp³-hybridized carbons (Fsp3) is 0.200. The van der Waals surface area contributed by atoms with Crippen LogP contribution in [0.1, 0.15) is 18.5 Å². The lowest BCUT2D eigenvalue weighted by Gasteiger charge is -2.08. The van der Waals surface area contributed by atoms with E-state index in [-0.39, 0.29) is 6.04 Å². The molecule has 0 aromatic heterocycles. The van der Waals surface area contributed by atoms with E-state index in [1.165, 1.54) is 16.7 Å². The Balaban J connectivity index is 2.26. The van der Waals surface area contributed by atoms with Gasteiger partial charge >= 0.3 is 0 Å². The molecule has 0 aliphatic rings. The van der Waals surface area contributed by atoms with E-state index >= 15 is 0 Å². The second-order valence-electron chi connectivity index (χ2n) is 4.24. The molecule has 0 aliphatic carbocycles. The molecule has 17 heavy (non-hydrogen) atoms. The molecule has 1 unspecified atom stereocenters. The van der Waals surface area contributed by atoms with Crippen molar-refractivity contribution < 1.29 is 0 Å². The first-order valence-electron chi connectivity index (χ1n) is 5.84. The topological polar surface area (TPSA) is 38.0 Å². The number of anilines is 1. The maximum atomic E-state index is 5.83. The highest BCUT2D eigenvalue weighted by Gasteiger charge is 2.01. The summed E-state index contributed by atoms with van der Waals surface area (Å²) in [5.74, 6) is 0. The number of rotatable bonds is 3. The smallest absolute Gasteiger partial charge is 0.0337 e. The molecule has 2 aromatic rings. The van der Waals surface area contributed by atoms with Gasteiger partial charge in [-0.15, -0.1) is 0 Å². The first-order valence-corrected chi connectivity index (χ1v) is 5.84. The Morgan fingerprint density at radius 2 is 1.35 bits per heavy atom. The highest BCUT2D eigenvalue weighted by atomic mass is 14.8. The normalized spacial score (nSPS) is 12.2. The minimum atomic E-state index is 0.0933. The zero-order chi connectivity index (χ0) is 12.3. The molecule has 0 fully saturated rings. The second-order valence-corrected chi connectivity index (χ2v) is 4.24. The molecule has 88 valence electrons. The summed E-state index contributed by atoms with van der Waals surface area (Å²) in [6, 6.07) is 16.9. The SMILES string of the molecule is CNc1ccc(-c2ccc(C(C)N)cc2)cc1. The van der Waals surface area contributed by atoms with E-state index in [9.17, 15) is 0 Å². The quantitative estimate of drug-likeness (QED) is 0.841. The number of hydrogen-bond donors (Lipinski definition) is 2. The molecular formula is C15H18N2. The van der Waals surface area contributed by atoms with E-state index in [1.807, 2.05) is 14.0 Å². The average molecular weight is 226 g/mol. The second kappa shape index (κ2) is 5.02. The van der Waals surface area contributed by atoms with Crippen LogP contribution < -0.4 is 11.1 Å². The third-order valence-electron chi connectivity index (χ3n) is 2.94. The predicted octanol–water partition coefficient (Wildman–Crippen LogP) is 3.42. The minimum absolute atomic E-state index is 0.0933. The highest BCUT2D eigenvalue weighted by Crippen LogP contribution is 2.22. The molecule has 0 heterocycles. The van der Waals surface area contributed by atoms with Crippen molar-refractivity contribution in [3.63, 3.8) is 0 Å². The molecular weight excluding hydrogens is 208 g/mol. The number of hydrogen-bond acceptors (Lipinski definition) is 2. The van der Waals surface area contributed by atoms with Crippen molar-refractivity contribution in [2.45, 2.75) is 13.0 Å². The zero-order valence-electron chi connectivity index (χ0n) is 10.3. The molecule has 0 spiro atoms. The summed E-state index contributed by atoms with van der Waals surface area (Å²) in [6.45, 7) is 2.00. The van der Waals surface area contributed by atoms with Crippen molar-refractivity contribution in [1.29, 1.82) is 0 Å². The molecule has 2 aromatic carbocycles. The summed E-state index contributed by atoms with van der Waals surface area (Å²) in [6.07, 6.45) is 0. The lowest BCUT2D eigenvalue weighted by atomic mass is 10.0. The van der Waals surface area contributed by atoms with Crippen LogP contribution in [0, 0.1) is 0 Å². The van der Waals surface area contributed by atoms with Crippen LogP contribution >= 0.6 is 0 Å². The lowest BCUT2D eigenvalue weighted by molar-refractivity contribution is 0.818. The average Bonchev–Trinajstić information content (AvgIpc) is 2.39. The molecule has 0 saturated carbocycles. The fourth-order valence-corrected chi connectivity index (χ4v) is 1.81. The lowest BCUT2D eigenvalue weighted by Crippen LogP contribution is -2.04. The van der Waals surface area contributed by atoms with Gasteiger partial charge in [0, 0.05) is 18.8 Å². The fourth-order valence-electron chi connectivity index (χ4n) is 1.81. The van der Waals surface area contributed by atoms with E-state index in [0.29, 0.717) is 0 Å². The van der Waals surface area contributed by atoms with E-state index in [2.05, 4.69) is 53.8 Å². The molecule has 0 aliphatic heterocycles. The predicted molar refractivity (Wildman–Crippen MR) is 74.0 cm³/mol. The molecule has 2 rings (SSSR count). The highest BCUT2D eigenvalue weighted by molar-refractivity contribution is 5.66. The summed E-state index contributed by atoms with van der Waals surface area (Å²) in [5, 5.41) is 3.11. The van der Waals surface area contributed by atoms with E-state index in [0.717, 1.165) is 5.69 Å². The van der Waals surface area contributed by atoms with E-state index in [4.69, 9.17) is 5.73 Å². The molecule has 2 nitrogen and oxygen atoms in total. The van der Waals surface area contributed by atoms with Crippen LogP contribution in [0.25, 0.3) is 11.1 Å². The van der Waals surface area contributed by atoms with E-state index in [1.54, 1.807) is 0 Å². The van der Waals surface area contributed by atoms with E-state index < -0.39 is 0 Å². The minimum Gasteiger partial charge on any atom is -0.388 e. The number of benzene rings is 2. The van der Waals surface area contributed by atoms with Gasteiger partial charge in [-0.3, -0.25) is 0 Å². The van der Waals surface area contributed by atoms with Gasteiger partial charge in [-0.25, -0.2) is 0 Å². The Labute approximate surface area is 102 Å². The van der Waals surface area contributed by atoms with Crippen molar-refractivity contribution in [3.05, 3.63) is 54.1 Å². The molecule has 0 bridgehead atoms. The van der Waals surface area contributed by atoms with Crippen molar-refractivity contribution >= 4 is 5.69 Å². The van der Waals surface area contributed by atoms with Crippen LogP contribution in [0.5, 0.6) is 0 Å². The summed E-state index contributed by atoms with van der Waals surface area (Å²) in [4.78, 5) is 0. The zero-order valence-corrected chi connectivity index (χ0v) is 10.3. The third kappa shape index (κ3) is 2.66. The Hall–Kier alpha value is -1.80. The van der Waals surface area contributed by atoms with Crippen LogP contribution in [0.3, 0.4) is 0 Å². The maximum Gasteiger partial charge on any atom is 0.0337 e. The van der Waals surface area contributed by atoms with Crippen molar-refractivity contribution in [2.75, 3.05) is 12.4 Å². The number of nitrogens with one attached hydrogen (secondary N) is 1. The Morgan fingerprint density at radius 3 is 1.76 bits per heavy atom. The van der Waals surface area contributed by atoms with Crippen LogP contribution in [0.15, 0.2) is 48.5 Å². The third-order valence-corrected chi connectivity index (χ3v) is 2.94. The standard InChI is InChI=1S/C15H18N2/c1-11(16)12-3-5-13(6-4-12)14-7-9-15(17-2)10-8-14/h3-11,17H,16H2,1-2H3. The van der Waals surface area contributed by atoms with Gasteiger partial charge in [0.05, 0.1) is 0 Å². The van der Waals surface area contributed by atoms with Crippen molar-refractivity contribution in [2.24, 2.45) is 5.73 Å². The van der Waals surface area contributed by atoms with Crippen LogP contribution in [0.4, 0.5) is 5.69 Å². The Morgan fingerprint density at radius 1 is 0.882 bits per heavy atom. The van der Waals surface area contributed by atoms with Gasteiger partial charge in [0.1, 0.15) is 0 Å². The molecule has 0 radical (unpaired) electrons. The molecule has 1 atom stereocenters. The van der Waals surface area contributed by atoms with Gasteiger partial charge in [-0.05, 0) is 35.7 Å². The first-order chi connectivity index (χ1) is 8.20. The van der Waals surface area contributed by atoms with Gasteiger partial charge in [0.15, 0.2) is 0 Å². The maximum absolute atomic E-state index is 5.83. The van der Waals surface area contributed by atoms with Gasteiger partial charge in [-0.1, -0.05) is 36.4 Å². The van der Waals surface area contributed by atoms with Gasteiger partial charge in [-0.2, -0.15) is 0 Å². The summed E-state index contributed by atoms with van der Waals surface area (Å²) in [5.41, 5.74) is 10.6. The molecule has 3 N–H and O–H groups in total. The first kappa shape index (κ1) is 11.7. The summed E-state index contributed by atoms with van der Waals surface area (Å²) < 4.78 is 0. The summed E-state index contributed by atoms with van der Waals surface area (Å²) in [7, 11) is 1.92. The van der Waals surface area contributed by atoms with Crippen LogP contribution in [-0.2, 0) is 0 Å². The monoisotopic (exact) mass is 226 g/mol. The summed E-state index contributed by atoms with van der Waals surface area (Å²) >= 11 is 0. The number of nitrogens with two attached hydrogens (primary N) is 1. The van der Waals surface area contributed by atoms with Gasteiger partial charge < -0.3 is 11.1 Å². The Kier molecular flexibility index (Phi) is 3.45. The van der Waals surface area contributed by atoms with Gasteiger partial charge in [0.25, 0.3) is 0 Å². The largest absolute Gasteiger partial charge is 0.388 e. The molecule has 0 amide bonds. The van der Waals surface area contributed by atoms with Gasteiger partial charge in [0.2, 0.25) is 0 Å². The molecule has 2 heteroatoms. The van der Waals surface area contributed by atoms with Crippen molar-refractivity contribution in [1.82, 2.24) is 0 Å². The van der Waals surface area contributed by atoms with Crippen LogP contribution in [0.2, 0.25) is 0 Å². The molecule has 0 saturated heterocycles.